The molecule has 0 unspecified atom stereocenters. The Balaban J connectivity index is 0.00000240. The first-order valence-corrected chi connectivity index (χ1v) is 9.49. The van der Waals surface area contributed by atoms with E-state index in [1.54, 1.807) is 0 Å². The Bertz CT molecular complexity index is 933. The van der Waals surface area contributed by atoms with Crippen molar-refractivity contribution in [2.75, 3.05) is 0 Å². The van der Waals surface area contributed by atoms with Crippen LogP contribution in [0, 0.1) is 0 Å². The Kier molecular flexibility index (Phi) is 7.21. The van der Waals surface area contributed by atoms with Crippen molar-refractivity contribution in [1.82, 2.24) is 9.55 Å². The molecule has 4 heteroatoms. The summed E-state index contributed by atoms with van der Waals surface area (Å²) in [4.78, 5) is 15.4. The van der Waals surface area contributed by atoms with Gasteiger partial charge in [-0.05, 0) is 23.1 Å². The first-order valence-electron chi connectivity index (χ1n) is 9.49. The predicted molar refractivity (Wildman–Crippen MR) is 118 cm³/mol. The third kappa shape index (κ3) is 4.13. The molecule has 3 aromatic carbocycles. The van der Waals surface area contributed by atoms with Gasteiger partial charge in [0.2, 0.25) is 0 Å². The van der Waals surface area contributed by atoms with Gasteiger partial charge in [0.1, 0.15) is 11.8 Å². The van der Waals surface area contributed by atoms with E-state index in [0.717, 1.165) is 28.7 Å². The van der Waals surface area contributed by atoms with Crippen molar-refractivity contribution in [2.24, 2.45) is 0 Å². The third-order valence-electron chi connectivity index (χ3n) is 5.12. The molecule has 1 heterocycles. The number of hydrogen-bond donors (Lipinski definition) is 0. The number of nitrogens with zero attached hydrogens (tertiary/aromatic N) is 2. The van der Waals surface area contributed by atoms with Gasteiger partial charge < -0.3 is 9.36 Å². The number of aldehydes is 1. The monoisotopic (exact) mass is 390 g/mol. The van der Waals surface area contributed by atoms with E-state index in [1.165, 1.54) is 0 Å². The first kappa shape index (κ1) is 21.3. The van der Waals surface area contributed by atoms with Gasteiger partial charge in [-0.3, -0.25) is 0 Å². The Labute approximate surface area is 193 Å². The summed E-state index contributed by atoms with van der Waals surface area (Å²) in [5.74, 6) is 0. The number of carbonyl (C=O) groups is 1. The molecule has 0 N–H and O–H groups in total. The van der Waals surface area contributed by atoms with E-state index in [-0.39, 0.29) is 29.6 Å². The molecule has 0 aliphatic rings. The van der Waals surface area contributed by atoms with Crippen LogP contribution in [0.3, 0.4) is 0 Å². The van der Waals surface area contributed by atoms with Crippen molar-refractivity contribution in [1.29, 1.82) is 0 Å². The fourth-order valence-corrected chi connectivity index (χ4v) is 3.87. The fourth-order valence-electron chi connectivity index (χ4n) is 3.87. The van der Waals surface area contributed by atoms with E-state index in [9.17, 15) is 4.79 Å². The number of benzene rings is 3. The van der Waals surface area contributed by atoms with Gasteiger partial charge in [-0.1, -0.05) is 91.0 Å². The molecular formula is C25H23N2NaO. The summed E-state index contributed by atoms with van der Waals surface area (Å²) >= 11 is 0. The number of rotatable bonds is 7. The molecule has 4 rings (SSSR count). The predicted octanol–water partition coefficient (Wildman–Crippen LogP) is 4.21. The molecule has 0 aliphatic heterocycles. The van der Waals surface area contributed by atoms with Crippen LogP contribution in [0.1, 0.15) is 28.8 Å². The standard InChI is InChI=1S/C25H22N2O.Na.H/c28-18-10-17-24-19-27(20-26-24)25(21-11-4-1-5-12-21,22-13-6-2-7-14-22)23-15-8-3-9-16-23;;/h1-9,11-16,18-20H,10,17H2;;. The minimum atomic E-state index is -0.545. The summed E-state index contributed by atoms with van der Waals surface area (Å²) in [6, 6.07) is 31.5. The second kappa shape index (κ2) is 9.84. The van der Waals surface area contributed by atoms with Crippen LogP contribution in [0.2, 0.25) is 0 Å². The van der Waals surface area contributed by atoms with E-state index < -0.39 is 5.54 Å². The van der Waals surface area contributed by atoms with Crippen LogP contribution in [0.5, 0.6) is 0 Å². The van der Waals surface area contributed by atoms with Crippen molar-refractivity contribution < 1.29 is 4.79 Å². The molecule has 0 amide bonds. The molecular weight excluding hydrogens is 367 g/mol. The number of imidazole rings is 1. The van der Waals surface area contributed by atoms with Gasteiger partial charge >= 0.3 is 29.6 Å². The Morgan fingerprint density at radius 1 is 0.759 bits per heavy atom. The third-order valence-corrected chi connectivity index (χ3v) is 5.12. The molecule has 140 valence electrons. The number of carbonyl (C=O) groups excluding carboxylic acids is 1. The Hall–Kier alpha value is -2.46. The zero-order valence-corrected chi connectivity index (χ0v) is 15.6. The summed E-state index contributed by atoms with van der Waals surface area (Å²) in [6.45, 7) is 0. The second-order valence-corrected chi connectivity index (χ2v) is 6.79. The van der Waals surface area contributed by atoms with Crippen molar-refractivity contribution in [2.45, 2.75) is 18.4 Å². The van der Waals surface area contributed by atoms with Crippen molar-refractivity contribution in [3.8, 4) is 0 Å². The average Bonchev–Trinajstić information content (AvgIpc) is 3.24. The van der Waals surface area contributed by atoms with Gasteiger partial charge in [0.05, 0.1) is 12.0 Å². The van der Waals surface area contributed by atoms with Crippen LogP contribution in [0.25, 0.3) is 0 Å². The zero-order valence-electron chi connectivity index (χ0n) is 15.6. The van der Waals surface area contributed by atoms with E-state index in [4.69, 9.17) is 0 Å². The topological polar surface area (TPSA) is 34.9 Å². The summed E-state index contributed by atoms with van der Waals surface area (Å²) in [6.07, 6.45) is 6.01. The minimum absolute atomic E-state index is 0. The van der Waals surface area contributed by atoms with Crippen LogP contribution < -0.4 is 0 Å². The molecule has 3 nitrogen and oxygen atoms in total. The molecule has 4 aromatic rings. The van der Waals surface area contributed by atoms with Crippen LogP contribution in [0.15, 0.2) is 104 Å². The normalized spacial score (nSPS) is 10.9. The molecule has 0 atom stereocenters. The number of aryl methyl sites for hydroxylation is 1. The van der Waals surface area contributed by atoms with Crippen molar-refractivity contribution in [3.05, 3.63) is 126 Å². The van der Waals surface area contributed by atoms with Gasteiger partial charge in [0.25, 0.3) is 0 Å². The molecule has 0 aliphatic carbocycles. The fraction of sp³-hybridized carbons (Fsp3) is 0.120. The summed E-state index contributed by atoms with van der Waals surface area (Å²) in [5, 5.41) is 0. The quantitative estimate of drug-likeness (QED) is 0.269. The summed E-state index contributed by atoms with van der Waals surface area (Å²) in [5.41, 5.74) is 3.85. The van der Waals surface area contributed by atoms with E-state index in [2.05, 4.69) is 88.5 Å². The van der Waals surface area contributed by atoms with E-state index in [0.29, 0.717) is 12.8 Å². The summed E-state index contributed by atoms with van der Waals surface area (Å²) < 4.78 is 2.17. The molecule has 29 heavy (non-hydrogen) atoms. The van der Waals surface area contributed by atoms with Gasteiger partial charge in [-0.25, -0.2) is 4.98 Å². The van der Waals surface area contributed by atoms with Gasteiger partial charge in [0, 0.05) is 12.6 Å². The van der Waals surface area contributed by atoms with Crippen LogP contribution >= 0.6 is 0 Å². The van der Waals surface area contributed by atoms with Crippen molar-refractivity contribution in [3.63, 3.8) is 0 Å². The molecule has 0 spiro atoms. The zero-order chi connectivity index (χ0) is 19.2. The first-order chi connectivity index (χ1) is 13.9. The molecule has 0 radical (unpaired) electrons. The van der Waals surface area contributed by atoms with Gasteiger partial charge in [-0.15, -0.1) is 0 Å². The maximum atomic E-state index is 10.8. The Morgan fingerprint density at radius 3 is 1.62 bits per heavy atom. The number of hydrogen-bond acceptors (Lipinski definition) is 2. The van der Waals surface area contributed by atoms with Gasteiger partial charge in [-0.2, -0.15) is 0 Å². The molecule has 0 saturated heterocycles. The van der Waals surface area contributed by atoms with E-state index in [1.807, 2.05) is 24.5 Å². The van der Waals surface area contributed by atoms with Crippen molar-refractivity contribution >= 4 is 35.8 Å². The molecule has 0 fully saturated rings. The van der Waals surface area contributed by atoms with Crippen LogP contribution in [-0.2, 0) is 16.8 Å². The number of aromatic nitrogens is 2. The summed E-state index contributed by atoms with van der Waals surface area (Å²) in [7, 11) is 0. The molecule has 1 aromatic heterocycles. The van der Waals surface area contributed by atoms with Crippen LogP contribution in [0.4, 0.5) is 0 Å². The second-order valence-electron chi connectivity index (χ2n) is 6.79. The van der Waals surface area contributed by atoms with Crippen LogP contribution in [-0.4, -0.2) is 45.4 Å². The molecule has 0 bridgehead atoms. The Morgan fingerprint density at radius 2 is 1.21 bits per heavy atom. The molecule has 0 saturated carbocycles. The van der Waals surface area contributed by atoms with E-state index >= 15 is 0 Å². The SMILES string of the molecule is O=CCCc1cn(C(c2ccccc2)(c2ccccc2)c2ccccc2)cn1.[NaH]. The average molecular weight is 390 g/mol. The maximum absolute atomic E-state index is 10.8. The van der Waals surface area contributed by atoms with Gasteiger partial charge in [0.15, 0.2) is 0 Å².